The zero-order chi connectivity index (χ0) is 9.61. The van der Waals surface area contributed by atoms with Crippen molar-refractivity contribution < 1.29 is 9.59 Å². The van der Waals surface area contributed by atoms with E-state index in [9.17, 15) is 9.59 Å². The van der Waals surface area contributed by atoms with E-state index in [2.05, 4.69) is 0 Å². The van der Waals surface area contributed by atoms with E-state index in [0.717, 1.165) is 12.7 Å². The highest BCUT2D eigenvalue weighted by atomic mass is 16.1. The highest BCUT2D eigenvalue weighted by Gasteiger charge is 2.23. The van der Waals surface area contributed by atoms with Gasteiger partial charge in [0.1, 0.15) is 12.1 Å². The number of carbonyl (C=O) groups is 2. The largest absolute Gasteiger partial charge is 0.303 e. The summed E-state index contributed by atoms with van der Waals surface area (Å²) in [5.74, 6) is 0.270. The molecule has 0 heterocycles. The standard InChI is InChI=1S/C10H18O2/c1-4-10(2,3)9(12)7-5-6-8-11/h8H,4-7H2,1-3H3. The van der Waals surface area contributed by atoms with Crippen LogP contribution >= 0.6 is 0 Å². The minimum Gasteiger partial charge on any atom is -0.303 e. The van der Waals surface area contributed by atoms with Crippen molar-refractivity contribution in [1.29, 1.82) is 0 Å². The molecule has 0 aliphatic rings. The number of ketones is 1. The normalized spacial score (nSPS) is 11.2. The summed E-state index contributed by atoms with van der Waals surface area (Å²) in [7, 11) is 0. The lowest BCUT2D eigenvalue weighted by molar-refractivity contribution is -0.127. The lowest BCUT2D eigenvalue weighted by atomic mass is 9.83. The summed E-state index contributed by atoms with van der Waals surface area (Å²) in [6.45, 7) is 5.92. The molecule has 0 N–H and O–H groups in total. The van der Waals surface area contributed by atoms with Gasteiger partial charge in [-0.15, -0.1) is 0 Å². The number of rotatable bonds is 6. The van der Waals surface area contributed by atoms with Crippen molar-refractivity contribution in [2.45, 2.75) is 46.5 Å². The fraction of sp³-hybridized carbons (Fsp3) is 0.800. The van der Waals surface area contributed by atoms with Crippen LogP contribution in [0.5, 0.6) is 0 Å². The maximum Gasteiger partial charge on any atom is 0.138 e. The Morgan fingerprint density at radius 2 is 2.00 bits per heavy atom. The molecule has 0 aliphatic carbocycles. The van der Waals surface area contributed by atoms with Gasteiger partial charge in [0.15, 0.2) is 0 Å². The third-order valence-corrected chi connectivity index (χ3v) is 2.36. The van der Waals surface area contributed by atoms with Gasteiger partial charge in [-0.1, -0.05) is 20.8 Å². The Hall–Kier alpha value is -0.660. The second kappa shape index (κ2) is 5.07. The number of hydrogen-bond donors (Lipinski definition) is 0. The topological polar surface area (TPSA) is 34.1 Å². The molecule has 0 rings (SSSR count). The van der Waals surface area contributed by atoms with E-state index in [1.807, 2.05) is 20.8 Å². The molecule has 0 saturated carbocycles. The number of Topliss-reactive ketones (excluding diaryl/α,β-unsaturated/α-hetero) is 1. The smallest absolute Gasteiger partial charge is 0.138 e. The van der Waals surface area contributed by atoms with Crippen LogP contribution in [0, 0.1) is 5.41 Å². The molecule has 0 spiro atoms. The Morgan fingerprint density at radius 1 is 1.42 bits per heavy atom. The molecule has 0 aromatic heterocycles. The first-order valence-electron chi connectivity index (χ1n) is 4.51. The minimum atomic E-state index is -0.205. The highest BCUT2D eigenvalue weighted by Crippen LogP contribution is 2.23. The van der Waals surface area contributed by atoms with Crippen LogP contribution in [0.1, 0.15) is 46.5 Å². The van der Waals surface area contributed by atoms with Crippen LogP contribution < -0.4 is 0 Å². The van der Waals surface area contributed by atoms with Crippen LogP contribution in [0.25, 0.3) is 0 Å². The van der Waals surface area contributed by atoms with Gasteiger partial charge in [-0.3, -0.25) is 4.79 Å². The highest BCUT2D eigenvalue weighted by molar-refractivity contribution is 5.84. The molecule has 0 aromatic rings. The molecular weight excluding hydrogens is 152 g/mol. The maximum absolute atomic E-state index is 11.5. The molecular formula is C10H18O2. The van der Waals surface area contributed by atoms with Crippen LogP contribution in [-0.4, -0.2) is 12.1 Å². The molecule has 2 heteroatoms. The van der Waals surface area contributed by atoms with Gasteiger partial charge in [0.05, 0.1) is 0 Å². The van der Waals surface area contributed by atoms with E-state index in [1.165, 1.54) is 0 Å². The Balaban J connectivity index is 3.79. The molecule has 0 bridgehead atoms. The number of unbranched alkanes of at least 4 members (excludes halogenated alkanes) is 1. The molecule has 0 saturated heterocycles. The van der Waals surface area contributed by atoms with Crippen LogP contribution in [0.15, 0.2) is 0 Å². The predicted molar refractivity (Wildman–Crippen MR) is 49.0 cm³/mol. The average molecular weight is 170 g/mol. The van der Waals surface area contributed by atoms with Gasteiger partial charge in [0, 0.05) is 18.3 Å². The Morgan fingerprint density at radius 3 is 2.42 bits per heavy atom. The van der Waals surface area contributed by atoms with Crippen LogP contribution in [0.3, 0.4) is 0 Å². The Bertz CT molecular complexity index is 159. The summed E-state index contributed by atoms with van der Waals surface area (Å²) in [4.78, 5) is 21.4. The average Bonchev–Trinajstić information content (AvgIpc) is 2.05. The van der Waals surface area contributed by atoms with E-state index >= 15 is 0 Å². The van der Waals surface area contributed by atoms with Crippen molar-refractivity contribution in [3.63, 3.8) is 0 Å². The van der Waals surface area contributed by atoms with Gasteiger partial charge < -0.3 is 4.79 Å². The first kappa shape index (κ1) is 11.3. The summed E-state index contributed by atoms with van der Waals surface area (Å²) in [6, 6.07) is 0. The summed E-state index contributed by atoms with van der Waals surface area (Å²) >= 11 is 0. The fourth-order valence-electron chi connectivity index (χ4n) is 0.882. The quantitative estimate of drug-likeness (QED) is 0.453. The second-order valence-corrected chi connectivity index (χ2v) is 3.72. The van der Waals surface area contributed by atoms with E-state index in [4.69, 9.17) is 0 Å². The van der Waals surface area contributed by atoms with Crippen LogP contribution in [-0.2, 0) is 9.59 Å². The summed E-state index contributed by atoms with van der Waals surface area (Å²) < 4.78 is 0. The Kier molecular flexibility index (Phi) is 4.79. The van der Waals surface area contributed by atoms with E-state index in [0.29, 0.717) is 19.3 Å². The first-order valence-corrected chi connectivity index (χ1v) is 4.51. The van der Waals surface area contributed by atoms with Gasteiger partial charge in [0.25, 0.3) is 0 Å². The molecule has 70 valence electrons. The van der Waals surface area contributed by atoms with E-state index in [1.54, 1.807) is 0 Å². The van der Waals surface area contributed by atoms with Crippen LogP contribution in [0.4, 0.5) is 0 Å². The summed E-state index contributed by atoms with van der Waals surface area (Å²) in [5, 5.41) is 0. The monoisotopic (exact) mass is 170 g/mol. The maximum atomic E-state index is 11.5. The minimum absolute atomic E-state index is 0.205. The van der Waals surface area contributed by atoms with Crippen molar-refractivity contribution in [2.24, 2.45) is 5.41 Å². The van der Waals surface area contributed by atoms with Crippen molar-refractivity contribution >= 4 is 12.1 Å². The van der Waals surface area contributed by atoms with Crippen LogP contribution in [0.2, 0.25) is 0 Å². The number of carbonyl (C=O) groups excluding carboxylic acids is 2. The zero-order valence-corrected chi connectivity index (χ0v) is 8.22. The molecule has 0 radical (unpaired) electrons. The number of hydrogen-bond acceptors (Lipinski definition) is 2. The van der Waals surface area contributed by atoms with Gasteiger partial charge in [-0.2, -0.15) is 0 Å². The van der Waals surface area contributed by atoms with Gasteiger partial charge in [-0.25, -0.2) is 0 Å². The van der Waals surface area contributed by atoms with Gasteiger partial charge in [0.2, 0.25) is 0 Å². The van der Waals surface area contributed by atoms with Crippen molar-refractivity contribution in [1.82, 2.24) is 0 Å². The fourth-order valence-corrected chi connectivity index (χ4v) is 0.882. The molecule has 2 nitrogen and oxygen atoms in total. The molecule has 0 atom stereocenters. The summed E-state index contributed by atoms with van der Waals surface area (Å²) in [6.07, 6.45) is 3.48. The molecule has 0 unspecified atom stereocenters. The second-order valence-electron chi connectivity index (χ2n) is 3.72. The zero-order valence-electron chi connectivity index (χ0n) is 8.22. The third-order valence-electron chi connectivity index (χ3n) is 2.36. The summed E-state index contributed by atoms with van der Waals surface area (Å²) in [5.41, 5.74) is -0.205. The van der Waals surface area contributed by atoms with Crippen molar-refractivity contribution in [3.05, 3.63) is 0 Å². The third kappa shape index (κ3) is 3.65. The van der Waals surface area contributed by atoms with Gasteiger partial charge in [-0.05, 0) is 12.8 Å². The lowest BCUT2D eigenvalue weighted by Gasteiger charge is -2.20. The number of aldehydes is 1. The molecule has 0 aliphatic heterocycles. The SMILES string of the molecule is CCC(C)(C)C(=O)CCCC=O. The first-order chi connectivity index (χ1) is 5.54. The predicted octanol–water partition coefficient (Wildman–Crippen LogP) is 2.36. The molecule has 0 fully saturated rings. The molecule has 0 amide bonds. The lowest BCUT2D eigenvalue weighted by Crippen LogP contribution is -2.22. The molecule has 12 heavy (non-hydrogen) atoms. The molecule has 0 aromatic carbocycles. The van der Waals surface area contributed by atoms with Crippen molar-refractivity contribution in [3.8, 4) is 0 Å². The van der Waals surface area contributed by atoms with Crippen molar-refractivity contribution in [2.75, 3.05) is 0 Å². The van der Waals surface area contributed by atoms with E-state index < -0.39 is 0 Å². The Labute approximate surface area is 74.3 Å². The van der Waals surface area contributed by atoms with E-state index in [-0.39, 0.29) is 11.2 Å². The van der Waals surface area contributed by atoms with Gasteiger partial charge >= 0.3 is 0 Å².